The molecule has 138 valence electrons. The van der Waals surface area contributed by atoms with Crippen molar-refractivity contribution in [1.82, 2.24) is 15.0 Å². The van der Waals surface area contributed by atoms with Gasteiger partial charge in [0.1, 0.15) is 11.9 Å². The van der Waals surface area contributed by atoms with E-state index in [-0.39, 0.29) is 11.9 Å². The number of ether oxygens (including phenoxy) is 1. The highest BCUT2D eigenvalue weighted by molar-refractivity contribution is 5.90. The van der Waals surface area contributed by atoms with E-state index in [1.807, 2.05) is 24.3 Å². The van der Waals surface area contributed by atoms with Gasteiger partial charge in [0.15, 0.2) is 0 Å². The van der Waals surface area contributed by atoms with Gasteiger partial charge in [0.05, 0.1) is 25.0 Å². The van der Waals surface area contributed by atoms with Gasteiger partial charge >= 0.3 is 6.09 Å². The molecule has 0 radical (unpaired) electrons. The standard InChI is InChI=1S/C20H19FN4O2/c1-2-14-3-5-15(6-4-14)18-8-7-16(11-19(18)21)25-13-17(27-20(25)26)12-24-10-9-22-23-24/h3-11,17H,2,12-13H2,1H3/t17-/m0/s1. The molecule has 0 saturated carbocycles. The second-order valence-electron chi connectivity index (χ2n) is 6.46. The quantitative estimate of drug-likeness (QED) is 0.691. The summed E-state index contributed by atoms with van der Waals surface area (Å²) in [4.78, 5) is 13.6. The highest BCUT2D eigenvalue weighted by atomic mass is 19.1. The Morgan fingerprint density at radius 1 is 1.22 bits per heavy atom. The predicted octanol–water partition coefficient (Wildman–Crippen LogP) is 3.67. The molecule has 0 N–H and O–H groups in total. The maximum Gasteiger partial charge on any atom is 0.414 e. The molecule has 1 aliphatic rings. The summed E-state index contributed by atoms with van der Waals surface area (Å²) in [7, 11) is 0. The maximum atomic E-state index is 14.7. The molecule has 1 atom stereocenters. The summed E-state index contributed by atoms with van der Waals surface area (Å²) in [6.07, 6.45) is 3.36. The lowest BCUT2D eigenvalue weighted by Crippen LogP contribution is -2.26. The van der Waals surface area contributed by atoms with Gasteiger partial charge < -0.3 is 4.74 Å². The minimum atomic E-state index is -0.487. The summed E-state index contributed by atoms with van der Waals surface area (Å²) >= 11 is 0. The number of halogens is 1. The van der Waals surface area contributed by atoms with Gasteiger partial charge in [0.25, 0.3) is 0 Å². The monoisotopic (exact) mass is 366 g/mol. The number of carbonyl (C=O) groups is 1. The molecule has 0 unspecified atom stereocenters. The largest absolute Gasteiger partial charge is 0.442 e. The summed E-state index contributed by atoms with van der Waals surface area (Å²) in [6.45, 7) is 2.82. The molecule has 7 heteroatoms. The third-order valence-electron chi connectivity index (χ3n) is 4.67. The molecule has 0 bridgehead atoms. The van der Waals surface area contributed by atoms with Gasteiger partial charge in [-0.2, -0.15) is 0 Å². The SMILES string of the molecule is CCc1ccc(-c2ccc(N3C[C@H](Cn4ccnn4)OC3=O)cc2F)cc1. The molecule has 3 aromatic rings. The van der Waals surface area contributed by atoms with Crippen molar-refractivity contribution < 1.29 is 13.9 Å². The van der Waals surface area contributed by atoms with Crippen LogP contribution in [-0.2, 0) is 17.7 Å². The first-order chi connectivity index (χ1) is 13.1. The van der Waals surface area contributed by atoms with Crippen LogP contribution in [0.15, 0.2) is 54.9 Å². The van der Waals surface area contributed by atoms with Crippen molar-refractivity contribution in [3.05, 3.63) is 66.2 Å². The zero-order chi connectivity index (χ0) is 18.8. The van der Waals surface area contributed by atoms with Crippen LogP contribution < -0.4 is 4.90 Å². The molecule has 1 fully saturated rings. The highest BCUT2D eigenvalue weighted by Gasteiger charge is 2.33. The van der Waals surface area contributed by atoms with Gasteiger partial charge in [0.2, 0.25) is 0 Å². The fourth-order valence-electron chi connectivity index (χ4n) is 3.19. The van der Waals surface area contributed by atoms with E-state index in [2.05, 4.69) is 17.2 Å². The highest BCUT2D eigenvalue weighted by Crippen LogP contribution is 2.29. The first-order valence-electron chi connectivity index (χ1n) is 8.85. The van der Waals surface area contributed by atoms with Crippen molar-refractivity contribution >= 4 is 11.8 Å². The summed E-state index contributed by atoms with van der Waals surface area (Å²) in [5, 5.41) is 7.60. The first kappa shape index (κ1) is 17.2. The Morgan fingerprint density at radius 2 is 2.04 bits per heavy atom. The number of aromatic nitrogens is 3. The van der Waals surface area contributed by atoms with E-state index < -0.39 is 6.09 Å². The topological polar surface area (TPSA) is 60.3 Å². The van der Waals surface area contributed by atoms with Gasteiger partial charge in [-0.3, -0.25) is 4.90 Å². The summed E-state index contributed by atoms with van der Waals surface area (Å²) in [5.74, 6) is -0.371. The van der Waals surface area contributed by atoms with Crippen molar-refractivity contribution in [3.63, 3.8) is 0 Å². The molecular formula is C20H19FN4O2. The van der Waals surface area contributed by atoms with Crippen LogP contribution in [0, 0.1) is 5.82 Å². The summed E-state index contributed by atoms with van der Waals surface area (Å²) < 4.78 is 21.7. The van der Waals surface area contributed by atoms with E-state index >= 15 is 0 Å². The smallest absolute Gasteiger partial charge is 0.414 e. The number of hydrogen-bond acceptors (Lipinski definition) is 4. The van der Waals surface area contributed by atoms with E-state index in [0.717, 1.165) is 12.0 Å². The van der Waals surface area contributed by atoms with E-state index in [1.165, 1.54) is 16.5 Å². The number of nitrogens with zero attached hydrogens (tertiary/aromatic N) is 4. The van der Waals surface area contributed by atoms with Gasteiger partial charge in [-0.05, 0) is 35.7 Å². The van der Waals surface area contributed by atoms with Crippen molar-refractivity contribution in [3.8, 4) is 11.1 Å². The predicted molar refractivity (Wildman–Crippen MR) is 98.9 cm³/mol. The molecule has 1 saturated heterocycles. The minimum absolute atomic E-state index is 0.336. The molecule has 6 nitrogen and oxygen atoms in total. The molecule has 27 heavy (non-hydrogen) atoms. The number of aryl methyl sites for hydroxylation is 1. The zero-order valence-electron chi connectivity index (χ0n) is 14.9. The van der Waals surface area contributed by atoms with Gasteiger partial charge in [0, 0.05) is 11.8 Å². The third kappa shape index (κ3) is 3.53. The van der Waals surface area contributed by atoms with Crippen LogP contribution in [0.3, 0.4) is 0 Å². The molecule has 0 aliphatic carbocycles. The Balaban J connectivity index is 1.52. The molecule has 1 aliphatic heterocycles. The molecule has 4 rings (SSSR count). The lowest BCUT2D eigenvalue weighted by atomic mass is 10.0. The Kier molecular flexibility index (Phi) is 4.58. The van der Waals surface area contributed by atoms with Crippen LogP contribution in [0.5, 0.6) is 0 Å². The van der Waals surface area contributed by atoms with Crippen molar-refractivity contribution in [2.75, 3.05) is 11.4 Å². The number of rotatable bonds is 5. The lowest BCUT2D eigenvalue weighted by molar-refractivity contribution is 0.129. The van der Waals surface area contributed by atoms with Crippen molar-refractivity contribution in [1.29, 1.82) is 0 Å². The van der Waals surface area contributed by atoms with Crippen LogP contribution in [0.2, 0.25) is 0 Å². The lowest BCUT2D eigenvalue weighted by Gasteiger charge is -2.14. The van der Waals surface area contributed by atoms with Gasteiger partial charge in [-0.25, -0.2) is 13.9 Å². The van der Waals surface area contributed by atoms with Crippen LogP contribution in [0.1, 0.15) is 12.5 Å². The third-order valence-corrected chi connectivity index (χ3v) is 4.67. The van der Waals surface area contributed by atoms with Crippen LogP contribution >= 0.6 is 0 Å². The van der Waals surface area contributed by atoms with Crippen LogP contribution in [-0.4, -0.2) is 33.7 Å². The number of cyclic esters (lactones) is 1. The molecule has 2 aromatic carbocycles. The number of amides is 1. The van der Waals surface area contributed by atoms with E-state index in [9.17, 15) is 9.18 Å². The Labute approximate surface area is 156 Å². The Hall–Kier alpha value is -3.22. The minimum Gasteiger partial charge on any atom is -0.442 e. The first-order valence-corrected chi connectivity index (χ1v) is 8.85. The second-order valence-corrected chi connectivity index (χ2v) is 6.46. The van der Waals surface area contributed by atoms with E-state index in [0.29, 0.717) is 24.3 Å². The number of anilines is 1. The molecule has 2 heterocycles. The fourth-order valence-corrected chi connectivity index (χ4v) is 3.19. The normalized spacial score (nSPS) is 16.6. The van der Waals surface area contributed by atoms with Crippen molar-refractivity contribution in [2.45, 2.75) is 26.0 Å². The fraction of sp³-hybridized carbons (Fsp3) is 0.250. The maximum absolute atomic E-state index is 14.7. The second kappa shape index (κ2) is 7.19. The van der Waals surface area contributed by atoms with Gasteiger partial charge in [-0.15, -0.1) is 5.10 Å². The summed E-state index contributed by atoms with van der Waals surface area (Å²) in [6, 6.07) is 12.6. The molecule has 1 amide bonds. The number of benzene rings is 2. The molecular weight excluding hydrogens is 347 g/mol. The van der Waals surface area contributed by atoms with Gasteiger partial charge in [-0.1, -0.05) is 36.4 Å². The summed E-state index contributed by atoms with van der Waals surface area (Å²) in [5.41, 5.74) is 3.00. The van der Waals surface area contributed by atoms with Crippen LogP contribution in [0.25, 0.3) is 11.1 Å². The average Bonchev–Trinajstić information content (AvgIpc) is 3.31. The zero-order valence-corrected chi connectivity index (χ0v) is 14.9. The van der Waals surface area contributed by atoms with Crippen LogP contribution in [0.4, 0.5) is 14.9 Å². The van der Waals surface area contributed by atoms with Crippen molar-refractivity contribution in [2.24, 2.45) is 0 Å². The molecule has 0 spiro atoms. The number of hydrogen-bond donors (Lipinski definition) is 0. The Bertz CT molecular complexity index is 941. The Morgan fingerprint density at radius 3 is 2.70 bits per heavy atom. The van der Waals surface area contributed by atoms with E-state index in [4.69, 9.17) is 4.74 Å². The molecule has 1 aromatic heterocycles. The van der Waals surface area contributed by atoms with E-state index in [1.54, 1.807) is 29.2 Å². The average molecular weight is 366 g/mol. The number of carbonyl (C=O) groups excluding carboxylic acids is 1.